The quantitative estimate of drug-likeness (QED) is 0.897. The zero-order chi connectivity index (χ0) is 13.7. The number of hydrogen-bond donors (Lipinski definition) is 1. The van der Waals surface area contributed by atoms with E-state index in [9.17, 15) is 4.39 Å². The van der Waals surface area contributed by atoms with Gasteiger partial charge in [-0.2, -0.15) is 0 Å². The van der Waals surface area contributed by atoms with Gasteiger partial charge in [-0.15, -0.1) is 0 Å². The zero-order valence-corrected chi connectivity index (χ0v) is 12.0. The molecule has 0 aromatic heterocycles. The van der Waals surface area contributed by atoms with E-state index in [-0.39, 0.29) is 11.9 Å². The molecular weight excluding hydrogens is 239 g/mol. The van der Waals surface area contributed by atoms with Crippen molar-refractivity contribution >= 4 is 0 Å². The van der Waals surface area contributed by atoms with E-state index in [1.807, 2.05) is 6.07 Å². The van der Waals surface area contributed by atoms with Crippen LogP contribution in [-0.2, 0) is 0 Å². The van der Waals surface area contributed by atoms with Gasteiger partial charge in [0.15, 0.2) is 0 Å². The second kappa shape index (κ2) is 7.01. The Hall–Kier alpha value is -0.930. The third kappa shape index (κ3) is 4.02. The SMILES string of the molecule is CCCC1CN(C(C)c2cccc(F)c2)CCCN1. The molecule has 0 saturated carbocycles. The molecule has 3 heteroatoms. The normalized spacial score (nSPS) is 23.0. The first kappa shape index (κ1) is 14.5. The third-order valence-corrected chi connectivity index (χ3v) is 4.03. The van der Waals surface area contributed by atoms with Crippen LogP contribution in [0.1, 0.15) is 44.7 Å². The van der Waals surface area contributed by atoms with Crippen LogP contribution in [0.3, 0.4) is 0 Å². The summed E-state index contributed by atoms with van der Waals surface area (Å²) >= 11 is 0. The summed E-state index contributed by atoms with van der Waals surface area (Å²) in [6.45, 7) is 7.66. The highest BCUT2D eigenvalue weighted by atomic mass is 19.1. The molecule has 1 N–H and O–H groups in total. The molecule has 0 aliphatic carbocycles. The van der Waals surface area contributed by atoms with Crippen LogP contribution < -0.4 is 5.32 Å². The molecule has 19 heavy (non-hydrogen) atoms. The topological polar surface area (TPSA) is 15.3 Å². The Morgan fingerprint density at radius 1 is 1.47 bits per heavy atom. The van der Waals surface area contributed by atoms with Crippen LogP contribution in [0, 0.1) is 5.82 Å². The fourth-order valence-electron chi connectivity index (χ4n) is 2.90. The molecule has 1 aromatic carbocycles. The first-order valence-corrected chi connectivity index (χ1v) is 7.43. The predicted molar refractivity (Wildman–Crippen MR) is 77.7 cm³/mol. The monoisotopic (exact) mass is 264 g/mol. The Morgan fingerprint density at radius 3 is 3.05 bits per heavy atom. The number of rotatable bonds is 4. The van der Waals surface area contributed by atoms with E-state index in [0.717, 1.165) is 25.2 Å². The Labute approximate surface area is 116 Å². The van der Waals surface area contributed by atoms with Crippen molar-refractivity contribution in [3.63, 3.8) is 0 Å². The first-order chi connectivity index (χ1) is 9.20. The lowest BCUT2D eigenvalue weighted by Crippen LogP contribution is -2.38. The van der Waals surface area contributed by atoms with Crippen LogP contribution in [0.15, 0.2) is 24.3 Å². The van der Waals surface area contributed by atoms with Crippen molar-refractivity contribution in [2.75, 3.05) is 19.6 Å². The van der Waals surface area contributed by atoms with E-state index < -0.39 is 0 Å². The summed E-state index contributed by atoms with van der Waals surface area (Å²) in [7, 11) is 0. The average molecular weight is 264 g/mol. The highest BCUT2D eigenvalue weighted by Crippen LogP contribution is 2.22. The van der Waals surface area contributed by atoms with Gasteiger partial charge in [-0.3, -0.25) is 4.90 Å². The van der Waals surface area contributed by atoms with Gasteiger partial charge < -0.3 is 5.32 Å². The molecule has 2 atom stereocenters. The Balaban J connectivity index is 2.06. The molecule has 1 aliphatic heterocycles. The standard InChI is InChI=1S/C16H25FN2/c1-3-6-16-12-19(10-5-9-18-16)13(2)14-7-4-8-15(17)11-14/h4,7-8,11,13,16,18H,3,5-6,9-10,12H2,1-2H3. The summed E-state index contributed by atoms with van der Waals surface area (Å²) in [6, 6.07) is 7.87. The van der Waals surface area contributed by atoms with Crippen LogP contribution in [0.25, 0.3) is 0 Å². The minimum Gasteiger partial charge on any atom is -0.313 e. The smallest absolute Gasteiger partial charge is 0.123 e. The highest BCUT2D eigenvalue weighted by molar-refractivity contribution is 5.19. The Morgan fingerprint density at radius 2 is 2.32 bits per heavy atom. The molecule has 1 aliphatic rings. The molecular formula is C16H25FN2. The van der Waals surface area contributed by atoms with E-state index in [1.54, 1.807) is 12.1 Å². The van der Waals surface area contributed by atoms with Gasteiger partial charge in [0.2, 0.25) is 0 Å². The number of halogens is 1. The summed E-state index contributed by atoms with van der Waals surface area (Å²) in [5.74, 6) is -0.137. The van der Waals surface area contributed by atoms with Gasteiger partial charge in [0.1, 0.15) is 5.82 Å². The van der Waals surface area contributed by atoms with Crippen molar-refractivity contribution in [3.05, 3.63) is 35.6 Å². The first-order valence-electron chi connectivity index (χ1n) is 7.43. The molecule has 0 amide bonds. The third-order valence-electron chi connectivity index (χ3n) is 4.03. The van der Waals surface area contributed by atoms with Crippen molar-refractivity contribution in [1.82, 2.24) is 10.2 Å². The van der Waals surface area contributed by atoms with Crippen molar-refractivity contribution in [1.29, 1.82) is 0 Å². The van der Waals surface area contributed by atoms with E-state index in [0.29, 0.717) is 6.04 Å². The average Bonchev–Trinajstić information content (AvgIpc) is 2.64. The second-order valence-electron chi connectivity index (χ2n) is 5.52. The second-order valence-corrected chi connectivity index (χ2v) is 5.52. The van der Waals surface area contributed by atoms with Gasteiger partial charge in [-0.05, 0) is 44.0 Å². The molecule has 2 unspecified atom stereocenters. The predicted octanol–water partition coefficient (Wildman–Crippen LogP) is 3.35. The summed E-state index contributed by atoms with van der Waals surface area (Å²) in [4.78, 5) is 2.48. The molecule has 106 valence electrons. The molecule has 1 heterocycles. The molecule has 0 spiro atoms. The van der Waals surface area contributed by atoms with Gasteiger partial charge in [-0.25, -0.2) is 4.39 Å². The van der Waals surface area contributed by atoms with Gasteiger partial charge in [-0.1, -0.05) is 25.5 Å². The fourth-order valence-corrected chi connectivity index (χ4v) is 2.90. The maximum Gasteiger partial charge on any atom is 0.123 e. The van der Waals surface area contributed by atoms with Gasteiger partial charge in [0.05, 0.1) is 0 Å². The summed E-state index contributed by atoms with van der Waals surface area (Å²) < 4.78 is 13.3. The fraction of sp³-hybridized carbons (Fsp3) is 0.625. The summed E-state index contributed by atoms with van der Waals surface area (Å²) in [6.07, 6.45) is 3.59. The van der Waals surface area contributed by atoms with Crippen LogP contribution in [0.2, 0.25) is 0 Å². The van der Waals surface area contributed by atoms with Crippen LogP contribution >= 0.6 is 0 Å². The molecule has 2 rings (SSSR count). The highest BCUT2D eigenvalue weighted by Gasteiger charge is 2.22. The molecule has 0 bridgehead atoms. The van der Waals surface area contributed by atoms with Gasteiger partial charge in [0, 0.05) is 25.2 Å². The Kier molecular flexibility index (Phi) is 5.34. The van der Waals surface area contributed by atoms with E-state index >= 15 is 0 Å². The molecule has 0 radical (unpaired) electrons. The number of nitrogens with zero attached hydrogens (tertiary/aromatic N) is 1. The maximum absolute atomic E-state index is 13.3. The molecule has 1 aromatic rings. The lowest BCUT2D eigenvalue weighted by Gasteiger charge is -2.30. The maximum atomic E-state index is 13.3. The number of nitrogens with one attached hydrogen (secondary N) is 1. The summed E-state index contributed by atoms with van der Waals surface area (Å²) in [5, 5.41) is 3.61. The van der Waals surface area contributed by atoms with Crippen molar-refractivity contribution < 1.29 is 4.39 Å². The lowest BCUT2D eigenvalue weighted by atomic mass is 10.1. The van der Waals surface area contributed by atoms with Gasteiger partial charge >= 0.3 is 0 Å². The van der Waals surface area contributed by atoms with E-state index in [2.05, 4.69) is 24.1 Å². The number of benzene rings is 1. The van der Waals surface area contributed by atoms with Crippen molar-refractivity contribution in [3.8, 4) is 0 Å². The van der Waals surface area contributed by atoms with Crippen molar-refractivity contribution in [2.24, 2.45) is 0 Å². The molecule has 2 nitrogen and oxygen atoms in total. The minimum absolute atomic E-state index is 0.137. The van der Waals surface area contributed by atoms with E-state index in [4.69, 9.17) is 0 Å². The van der Waals surface area contributed by atoms with Crippen LogP contribution in [0.5, 0.6) is 0 Å². The van der Waals surface area contributed by atoms with Crippen LogP contribution in [0.4, 0.5) is 4.39 Å². The van der Waals surface area contributed by atoms with Crippen LogP contribution in [-0.4, -0.2) is 30.6 Å². The number of hydrogen-bond acceptors (Lipinski definition) is 2. The zero-order valence-electron chi connectivity index (χ0n) is 12.0. The van der Waals surface area contributed by atoms with E-state index in [1.165, 1.54) is 25.3 Å². The Bertz CT molecular complexity index is 394. The minimum atomic E-state index is -0.137. The molecule has 1 fully saturated rings. The van der Waals surface area contributed by atoms with Gasteiger partial charge in [0.25, 0.3) is 0 Å². The summed E-state index contributed by atoms with van der Waals surface area (Å²) in [5.41, 5.74) is 1.08. The largest absolute Gasteiger partial charge is 0.313 e. The van der Waals surface area contributed by atoms with Crippen molar-refractivity contribution in [2.45, 2.75) is 45.2 Å². The lowest BCUT2D eigenvalue weighted by molar-refractivity contribution is 0.203. The molecule has 1 saturated heterocycles.